The van der Waals surface area contributed by atoms with Crippen molar-refractivity contribution in [3.63, 3.8) is 0 Å². The minimum atomic E-state index is -0.417. The van der Waals surface area contributed by atoms with Gasteiger partial charge in [0, 0.05) is 0 Å². The van der Waals surface area contributed by atoms with Crippen molar-refractivity contribution in [1.29, 1.82) is 0 Å². The molecule has 0 saturated heterocycles. The van der Waals surface area contributed by atoms with Crippen LogP contribution in [0.1, 0.15) is 41.5 Å². The molecule has 0 fully saturated rings. The molecule has 0 aromatic carbocycles. The molecule has 0 radical (unpaired) electrons. The SMILES string of the molecule is CC(C)[O-].CC(C)[O-].[CH2-]C.[CH2-]C.[Ti+4]. The van der Waals surface area contributed by atoms with E-state index in [2.05, 4.69) is 13.8 Å². The Balaban J connectivity index is -0.0000000226. The monoisotopic (exact) mass is 224 g/mol. The van der Waals surface area contributed by atoms with E-state index < -0.39 is 12.2 Å². The third kappa shape index (κ3) is 3550. The van der Waals surface area contributed by atoms with Crippen molar-refractivity contribution in [3.05, 3.63) is 13.8 Å². The van der Waals surface area contributed by atoms with Gasteiger partial charge in [-0.05, 0) is 0 Å². The van der Waals surface area contributed by atoms with E-state index in [1.54, 1.807) is 41.5 Å². The van der Waals surface area contributed by atoms with E-state index in [4.69, 9.17) is 0 Å². The Kier molecular flexibility index (Phi) is 87.3. The van der Waals surface area contributed by atoms with Gasteiger partial charge in [0.2, 0.25) is 0 Å². The molecule has 80 valence electrons. The van der Waals surface area contributed by atoms with Gasteiger partial charge in [0.15, 0.2) is 0 Å². The van der Waals surface area contributed by atoms with Gasteiger partial charge in [-0.2, -0.15) is 13.8 Å². The molecule has 0 aliphatic heterocycles. The molecule has 0 bridgehead atoms. The first-order valence-electron chi connectivity index (χ1n) is 4.20. The summed E-state index contributed by atoms with van der Waals surface area (Å²) in [6, 6.07) is 0. The molecule has 0 rings (SSSR count). The first kappa shape index (κ1) is 29.2. The standard InChI is InChI=1S/2C3H7O.2C2H5.Ti/c2*1-3(2)4;2*1-2;/h2*3H,1-2H3;2*1H2,2H3;/q4*-1;+4. The van der Waals surface area contributed by atoms with Crippen molar-refractivity contribution in [2.45, 2.75) is 53.8 Å². The maximum absolute atomic E-state index is 9.53. The number of rotatable bonds is 0. The van der Waals surface area contributed by atoms with Crippen LogP contribution in [0.25, 0.3) is 0 Å². The summed E-state index contributed by atoms with van der Waals surface area (Å²) in [5.41, 5.74) is 0. The second kappa shape index (κ2) is 38.9. The second-order valence-electron chi connectivity index (χ2n) is 2.10. The van der Waals surface area contributed by atoms with E-state index in [0.29, 0.717) is 0 Å². The molecule has 0 spiro atoms. The molecule has 0 atom stereocenters. The van der Waals surface area contributed by atoms with Crippen LogP contribution in [0, 0.1) is 13.8 Å². The van der Waals surface area contributed by atoms with Crippen LogP contribution in [-0.2, 0) is 21.7 Å². The molecule has 0 aromatic rings. The Hall–Kier alpha value is 0.634. The van der Waals surface area contributed by atoms with Gasteiger partial charge in [-0.15, -0.1) is 12.2 Å². The average Bonchev–Trinajstić information content (AvgIpc) is 1.93. The minimum absolute atomic E-state index is 0. The van der Waals surface area contributed by atoms with E-state index in [-0.39, 0.29) is 21.7 Å². The first-order chi connectivity index (χ1) is 5.46. The second-order valence-corrected chi connectivity index (χ2v) is 2.10. The molecular weight excluding hydrogens is 200 g/mol. The summed E-state index contributed by atoms with van der Waals surface area (Å²) in [4.78, 5) is 0. The molecule has 0 aromatic heterocycles. The molecule has 0 aliphatic carbocycles. The fourth-order valence-electron chi connectivity index (χ4n) is 0. The maximum atomic E-state index is 9.53. The predicted molar refractivity (Wildman–Crippen MR) is 52.3 cm³/mol. The summed E-state index contributed by atoms with van der Waals surface area (Å²) in [5, 5.41) is 19.1. The molecule has 0 aliphatic rings. The van der Waals surface area contributed by atoms with Crippen LogP contribution in [0.3, 0.4) is 0 Å². The summed E-state index contributed by atoms with van der Waals surface area (Å²) in [6.07, 6.45) is -0.833. The van der Waals surface area contributed by atoms with Gasteiger partial charge in [0.05, 0.1) is 0 Å². The molecule has 2 nitrogen and oxygen atoms in total. The van der Waals surface area contributed by atoms with Crippen LogP contribution >= 0.6 is 0 Å². The molecule has 0 heterocycles. The number of hydrogen-bond donors (Lipinski definition) is 0. The summed E-state index contributed by atoms with van der Waals surface area (Å²) in [7, 11) is 0. The molecule has 13 heavy (non-hydrogen) atoms. The molecule has 0 unspecified atom stereocenters. The summed E-state index contributed by atoms with van der Waals surface area (Å²) in [6.45, 7) is 16.4. The normalized spacial score (nSPS) is 6.46. The van der Waals surface area contributed by atoms with Gasteiger partial charge < -0.3 is 24.1 Å². The fourth-order valence-corrected chi connectivity index (χ4v) is 0. The van der Waals surface area contributed by atoms with Crippen molar-refractivity contribution < 1.29 is 31.9 Å². The van der Waals surface area contributed by atoms with Crippen molar-refractivity contribution in [2.75, 3.05) is 0 Å². The summed E-state index contributed by atoms with van der Waals surface area (Å²) in [5.74, 6) is 0. The predicted octanol–water partition coefficient (Wildman–Crippen LogP) is 1.19. The van der Waals surface area contributed by atoms with Crippen LogP contribution in [0.15, 0.2) is 0 Å². The largest absolute Gasteiger partial charge is 4.00 e. The Morgan fingerprint density at radius 3 is 0.692 bits per heavy atom. The van der Waals surface area contributed by atoms with Crippen molar-refractivity contribution in [3.8, 4) is 0 Å². The molecule has 0 saturated carbocycles. The van der Waals surface area contributed by atoms with E-state index in [1.807, 2.05) is 0 Å². The van der Waals surface area contributed by atoms with Gasteiger partial charge in [0.25, 0.3) is 0 Å². The van der Waals surface area contributed by atoms with Crippen LogP contribution in [0.4, 0.5) is 0 Å². The van der Waals surface area contributed by atoms with E-state index >= 15 is 0 Å². The molecule has 0 N–H and O–H groups in total. The van der Waals surface area contributed by atoms with Crippen LogP contribution in [0.2, 0.25) is 0 Å². The van der Waals surface area contributed by atoms with Crippen molar-refractivity contribution in [2.24, 2.45) is 0 Å². The average molecular weight is 224 g/mol. The maximum Gasteiger partial charge on any atom is 4.00 e. The van der Waals surface area contributed by atoms with Gasteiger partial charge in [-0.3, -0.25) is 0 Å². The zero-order valence-electron chi connectivity index (χ0n) is 9.89. The van der Waals surface area contributed by atoms with Crippen molar-refractivity contribution >= 4 is 0 Å². The van der Waals surface area contributed by atoms with Crippen LogP contribution in [0.5, 0.6) is 0 Å². The Morgan fingerprint density at radius 2 is 0.692 bits per heavy atom. The third-order valence-electron chi connectivity index (χ3n) is 0. The molecular formula is C10H24O2Ti. The zero-order valence-corrected chi connectivity index (χ0v) is 11.4. The summed E-state index contributed by atoms with van der Waals surface area (Å²) < 4.78 is 0. The van der Waals surface area contributed by atoms with Gasteiger partial charge in [0.1, 0.15) is 0 Å². The van der Waals surface area contributed by atoms with Crippen LogP contribution < -0.4 is 10.2 Å². The summed E-state index contributed by atoms with van der Waals surface area (Å²) >= 11 is 0. The van der Waals surface area contributed by atoms with E-state index in [0.717, 1.165) is 0 Å². The Labute approximate surface area is 99.6 Å². The van der Waals surface area contributed by atoms with E-state index in [9.17, 15) is 10.2 Å². The van der Waals surface area contributed by atoms with Gasteiger partial charge >= 0.3 is 21.7 Å². The van der Waals surface area contributed by atoms with E-state index in [1.165, 1.54) is 0 Å². The minimum Gasteiger partial charge on any atom is -0.852 e. The first-order valence-corrected chi connectivity index (χ1v) is 4.20. The topological polar surface area (TPSA) is 46.1 Å². The van der Waals surface area contributed by atoms with Crippen LogP contribution in [-0.4, -0.2) is 12.2 Å². The Morgan fingerprint density at radius 1 is 0.692 bits per heavy atom. The molecule has 3 heteroatoms. The smallest absolute Gasteiger partial charge is 0.852 e. The molecule has 0 amide bonds. The fraction of sp³-hybridized carbons (Fsp3) is 0.800. The van der Waals surface area contributed by atoms with Crippen molar-refractivity contribution in [1.82, 2.24) is 0 Å². The number of hydrogen-bond acceptors (Lipinski definition) is 2. The van der Waals surface area contributed by atoms with Gasteiger partial charge in [-0.1, -0.05) is 27.7 Å². The third-order valence-corrected chi connectivity index (χ3v) is 0. The Bertz CT molecular complexity index is 28.4. The zero-order chi connectivity index (χ0) is 11.2. The quantitative estimate of drug-likeness (QED) is 0.458. The van der Waals surface area contributed by atoms with Gasteiger partial charge in [-0.25, -0.2) is 0 Å².